The van der Waals surface area contributed by atoms with Crippen molar-refractivity contribution in [1.82, 2.24) is 4.90 Å². The molecule has 1 heterocycles. The predicted octanol–water partition coefficient (Wildman–Crippen LogP) is 3.07. The molecule has 21 heavy (non-hydrogen) atoms. The van der Waals surface area contributed by atoms with Crippen LogP contribution in [0.2, 0.25) is 0 Å². The van der Waals surface area contributed by atoms with E-state index in [2.05, 4.69) is 0 Å². The van der Waals surface area contributed by atoms with Gasteiger partial charge in [0.15, 0.2) is 0 Å². The Hall–Kier alpha value is -1.95. The minimum Gasteiger partial charge on any atom is -0.466 e. The van der Waals surface area contributed by atoms with E-state index in [0.29, 0.717) is 16.9 Å². The first-order valence-corrected chi connectivity index (χ1v) is 7.43. The van der Waals surface area contributed by atoms with Crippen molar-refractivity contribution in [2.24, 2.45) is 0 Å². The van der Waals surface area contributed by atoms with Gasteiger partial charge in [-0.05, 0) is 25.1 Å². The summed E-state index contributed by atoms with van der Waals surface area (Å²) in [6.07, 6.45) is 0.148. The van der Waals surface area contributed by atoms with Crippen molar-refractivity contribution in [2.75, 3.05) is 20.2 Å². The second-order valence-corrected chi connectivity index (χ2v) is 5.63. The zero-order valence-corrected chi connectivity index (χ0v) is 12.7. The first-order valence-electron chi connectivity index (χ1n) is 6.62. The average Bonchev–Trinajstić information content (AvgIpc) is 2.90. The number of ether oxygens (including phenoxy) is 1. The van der Waals surface area contributed by atoms with E-state index in [1.165, 1.54) is 22.3 Å². The average molecular weight is 309 g/mol. The Balaban J connectivity index is 2.07. The highest BCUT2D eigenvalue weighted by Crippen LogP contribution is 2.28. The molecule has 0 bridgehead atoms. The Kier molecular flexibility index (Phi) is 4.90. The summed E-state index contributed by atoms with van der Waals surface area (Å²) in [6.45, 7) is 2.33. The van der Waals surface area contributed by atoms with E-state index in [9.17, 15) is 14.0 Å². The summed E-state index contributed by atoms with van der Waals surface area (Å²) in [5.41, 5.74) is 0. The van der Waals surface area contributed by atoms with Gasteiger partial charge in [0.25, 0.3) is 5.91 Å². The molecule has 0 aliphatic rings. The fraction of sp³-hybridized carbons (Fsp3) is 0.333. The van der Waals surface area contributed by atoms with Gasteiger partial charge in [0.2, 0.25) is 0 Å². The number of halogens is 1. The van der Waals surface area contributed by atoms with Crippen LogP contribution in [0.3, 0.4) is 0 Å². The van der Waals surface area contributed by atoms with Gasteiger partial charge in [-0.25, -0.2) is 4.39 Å². The topological polar surface area (TPSA) is 46.6 Å². The molecule has 1 aromatic carbocycles. The van der Waals surface area contributed by atoms with Crippen molar-refractivity contribution in [3.05, 3.63) is 35.0 Å². The first-order chi connectivity index (χ1) is 10.0. The number of amides is 1. The lowest BCUT2D eigenvalue weighted by Crippen LogP contribution is -2.28. The Labute approximate surface area is 126 Å². The van der Waals surface area contributed by atoms with Gasteiger partial charge in [-0.1, -0.05) is 6.07 Å². The highest BCUT2D eigenvalue weighted by atomic mass is 32.1. The van der Waals surface area contributed by atoms with E-state index in [1.807, 2.05) is 0 Å². The maximum absolute atomic E-state index is 13.6. The molecule has 1 amide bonds. The molecule has 6 heteroatoms. The standard InChI is InChI=1S/C15H16FNO3S/c1-3-20-14(18)7-8-17(2)15(19)13-9-10-11(16)5-4-6-12(10)21-13/h4-6,9H,3,7-8H2,1-2H3. The second kappa shape index (κ2) is 6.67. The fourth-order valence-corrected chi connectivity index (χ4v) is 2.98. The summed E-state index contributed by atoms with van der Waals surface area (Å²) in [6, 6.07) is 6.32. The van der Waals surface area contributed by atoms with Gasteiger partial charge in [-0.15, -0.1) is 11.3 Å². The zero-order chi connectivity index (χ0) is 15.4. The van der Waals surface area contributed by atoms with Gasteiger partial charge in [0.1, 0.15) is 5.82 Å². The molecule has 1 aromatic heterocycles. The molecule has 2 rings (SSSR count). The Bertz CT molecular complexity index is 668. The Morgan fingerprint density at radius 2 is 2.14 bits per heavy atom. The highest BCUT2D eigenvalue weighted by Gasteiger charge is 2.17. The lowest BCUT2D eigenvalue weighted by atomic mass is 10.2. The summed E-state index contributed by atoms with van der Waals surface area (Å²) in [5.74, 6) is -0.892. The monoisotopic (exact) mass is 309 g/mol. The SMILES string of the molecule is CCOC(=O)CCN(C)C(=O)c1cc2c(F)cccc2s1. The molecule has 0 saturated heterocycles. The largest absolute Gasteiger partial charge is 0.466 e. The third-order valence-electron chi connectivity index (χ3n) is 3.02. The van der Waals surface area contributed by atoms with Gasteiger partial charge in [0, 0.05) is 23.7 Å². The number of carbonyl (C=O) groups is 2. The van der Waals surface area contributed by atoms with Gasteiger partial charge in [-0.2, -0.15) is 0 Å². The van der Waals surface area contributed by atoms with E-state index < -0.39 is 0 Å². The van der Waals surface area contributed by atoms with Crippen molar-refractivity contribution in [1.29, 1.82) is 0 Å². The maximum atomic E-state index is 13.6. The molecule has 0 radical (unpaired) electrons. The lowest BCUT2D eigenvalue weighted by molar-refractivity contribution is -0.143. The van der Waals surface area contributed by atoms with Crippen LogP contribution in [0.5, 0.6) is 0 Å². The van der Waals surface area contributed by atoms with Crippen molar-refractivity contribution in [2.45, 2.75) is 13.3 Å². The van der Waals surface area contributed by atoms with E-state index in [1.54, 1.807) is 32.2 Å². The second-order valence-electron chi connectivity index (χ2n) is 4.54. The quantitative estimate of drug-likeness (QED) is 0.798. The highest BCUT2D eigenvalue weighted by molar-refractivity contribution is 7.20. The molecule has 0 saturated carbocycles. The molecule has 0 aliphatic carbocycles. The summed E-state index contributed by atoms with van der Waals surface area (Å²) in [7, 11) is 1.61. The van der Waals surface area contributed by atoms with Crippen molar-refractivity contribution < 1.29 is 18.7 Å². The molecule has 0 aliphatic heterocycles. The number of benzene rings is 1. The number of fused-ring (bicyclic) bond motifs is 1. The Morgan fingerprint density at radius 1 is 1.38 bits per heavy atom. The molecule has 0 N–H and O–H groups in total. The zero-order valence-electron chi connectivity index (χ0n) is 11.9. The third kappa shape index (κ3) is 3.58. The number of hydrogen-bond donors (Lipinski definition) is 0. The van der Waals surface area contributed by atoms with Crippen LogP contribution in [0.15, 0.2) is 24.3 Å². The lowest BCUT2D eigenvalue weighted by Gasteiger charge is -2.15. The minimum absolute atomic E-state index is 0.148. The van der Waals surface area contributed by atoms with Gasteiger partial charge < -0.3 is 9.64 Å². The van der Waals surface area contributed by atoms with Crippen LogP contribution in [0, 0.1) is 5.82 Å². The maximum Gasteiger partial charge on any atom is 0.307 e. The summed E-state index contributed by atoms with van der Waals surface area (Å²) < 4.78 is 19.2. The van der Waals surface area contributed by atoms with Gasteiger partial charge in [0.05, 0.1) is 17.9 Å². The van der Waals surface area contributed by atoms with Crippen LogP contribution in [0.25, 0.3) is 10.1 Å². The number of nitrogens with zero attached hydrogens (tertiary/aromatic N) is 1. The normalized spacial score (nSPS) is 10.6. The van der Waals surface area contributed by atoms with E-state index in [0.717, 1.165) is 4.70 Å². The molecule has 0 fully saturated rings. The van der Waals surface area contributed by atoms with Crippen molar-refractivity contribution >= 4 is 33.3 Å². The van der Waals surface area contributed by atoms with Gasteiger partial charge >= 0.3 is 5.97 Å². The molecule has 2 aromatic rings. The minimum atomic E-state index is -0.336. The fourth-order valence-electron chi connectivity index (χ4n) is 1.91. The molecule has 112 valence electrons. The molecular weight excluding hydrogens is 293 g/mol. The number of thiophene rings is 1. The van der Waals surface area contributed by atoms with Crippen LogP contribution in [0.1, 0.15) is 23.0 Å². The summed E-state index contributed by atoms with van der Waals surface area (Å²) in [4.78, 5) is 25.4. The molecular formula is C15H16FNO3S. The molecule has 4 nitrogen and oxygen atoms in total. The Morgan fingerprint density at radius 3 is 2.81 bits per heavy atom. The van der Waals surface area contributed by atoms with E-state index in [-0.39, 0.29) is 30.7 Å². The third-order valence-corrected chi connectivity index (χ3v) is 4.11. The van der Waals surface area contributed by atoms with Gasteiger partial charge in [-0.3, -0.25) is 9.59 Å². The predicted molar refractivity (Wildman–Crippen MR) is 80.0 cm³/mol. The van der Waals surface area contributed by atoms with Crippen LogP contribution in [-0.2, 0) is 9.53 Å². The number of hydrogen-bond acceptors (Lipinski definition) is 4. The van der Waals surface area contributed by atoms with E-state index >= 15 is 0 Å². The number of carbonyl (C=O) groups excluding carboxylic acids is 2. The summed E-state index contributed by atoms with van der Waals surface area (Å²) >= 11 is 1.25. The first kappa shape index (κ1) is 15.4. The molecule has 0 unspecified atom stereocenters. The smallest absolute Gasteiger partial charge is 0.307 e. The molecule has 0 atom stereocenters. The van der Waals surface area contributed by atoms with Crippen molar-refractivity contribution in [3.8, 4) is 0 Å². The van der Waals surface area contributed by atoms with Crippen LogP contribution in [-0.4, -0.2) is 37.0 Å². The number of esters is 1. The number of rotatable bonds is 5. The van der Waals surface area contributed by atoms with Crippen LogP contribution < -0.4 is 0 Å². The van der Waals surface area contributed by atoms with Crippen molar-refractivity contribution in [3.63, 3.8) is 0 Å². The summed E-state index contributed by atoms with van der Waals surface area (Å²) in [5, 5.41) is 0.449. The van der Waals surface area contributed by atoms with Crippen LogP contribution in [0.4, 0.5) is 4.39 Å². The van der Waals surface area contributed by atoms with E-state index in [4.69, 9.17) is 4.74 Å². The van der Waals surface area contributed by atoms with Crippen LogP contribution >= 0.6 is 11.3 Å². The molecule has 0 spiro atoms.